The average Bonchev–Trinajstić information content (AvgIpc) is 2.37. The van der Waals surface area contributed by atoms with Gasteiger partial charge >= 0.3 is 6.18 Å². The highest BCUT2D eigenvalue weighted by Gasteiger charge is 2.45. The third-order valence-electron chi connectivity index (χ3n) is 3.18. The minimum absolute atomic E-state index is 0.150. The van der Waals surface area contributed by atoms with E-state index in [-0.39, 0.29) is 12.8 Å². The maximum absolute atomic E-state index is 12.5. The molecule has 2 amide bonds. The molecule has 0 saturated carbocycles. The lowest BCUT2D eigenvalue weighted by molar-refractivity contribution is -0.170. The summed E-state index contributed by atoms with van der Waals surface area (Å²) in [7, 11) is 0. The lowest BCUT2D eigenvalue weighted by Crippen LogP contribution is -2.53. The molecule has 8 heteroatoms. The molecule has 1 aromatic carbocycles. The molecule has 2 rings (SSSR count). The summed E-state index contributed by atoms with van der Waals surface area (Å²) >= 11 is 5.76. The minimum atomic E-state index is -4.50. The van der Waals surface area contributed by atoms with Crippen molar-refractivity contribution in [2.75, 3.05) is 5.32 Å². The largest absolute Gasteiger partial charge is 0.408 e. The van der Waals surface area contributed by atoms with Crippen LogP contribution in [0.3, 0.4) is 0 Å². The molecule has 2 atom stereocenters. The highest BCUT2D eigenvalue weighted by Crippen LogP contribution is 2.29. The van der Waals surface area contributed by atoms with Crippen LogP contribution in [-0.2, 0) is 9.59 Å². The van der Waals surface area contributed by atoms with Crippen LogP contribution in [0.4, 0.5) is 18.9 Å². The van der Waals surface area contributed by atoms with Gasteiger partial charge in [0.25, 0.3) is 0 Å². The molecular formula is C13H12ClF3N2O2. The smallest absolute Gasteiger partial charge is 0.344 e. The number of piperidine rings is 1. The third-order valence-corrected chi connectivity index (χ3v) is 3.42. The van der Waals surface area contributed by atoms with Crippen molar-refractivity contribution >= 4 is 29.1 Å². The monoisotopic (exact) mass is 320 g/mol. The fourth-order valence-corrected chi connectivity index (χ4v) is 2.29. The van der Waals surface area contributed by atoms with Gasteiger partial charge in [0.05, 0.1) is 0 Å². The van der Waals surface area contributed by atoms with E-state index in [4.69, 9.17) is 11.6 Å². The summed E-state index contributed by atoms with van der Waals surface area (Å²) in [4.78, 5) is 23.6. The number of carbonyl (C=O) groups is 2. The predicted molar refractivity (Wildman–Crippen MR) is 70.8 cm³/mol. The number of amides is 2. The zero-order chi connectivity index (χ0) is 15.6. The quantitative estimate of drug-likeness (QED) is 0.823. The van der Waals surface area contributed by atoms with Gasteiger partial charge in [-0.2, -0.15) is 13.2 Å². The molecular weight excluding hydrogens is 309 g/mol. The number of alkyl halides is 3. The topological polar surface area (TPSA) is 58.2 Å². The summed E-state index contributed by atoms with van der Waals surface area (Å²) in [6, 6.07) is 4.39. The van der Waals surface area contributed by atoms with Gasteiger partial charge in [-0.05, 0) is 31.0 Å². The Labute approximate surface area is 123 Å². The Bertz CT molecular complexity index is 563. The number of hydrogen-bond donors (Lipinski definition) is 2. The van der Waals surface area contributed by atoms with E-state index in [1.165, 1.54) is 6.07 Å². The molecule has 0 bridgehead atoms. The molecule has 1 fully saturated rings. The molecule has 1 aliphatic heterocycles. The Morgan fingerprint density at radius 2 is 2.05 bits per heavy atom. The summed E-state index contributed by atoms with van der Waals surface area (Å²) in [6.45, 7) is 0. The third kappa shape index (κ3) is 3.87. The Balaban J connectivity index is 2.00. The van der Waals surface area contributed by atoms with Gasteiger partial charge in [-0.3, -0.25) is 9.59 Å². The molecule has 1 aliphatic rings. The SMILES string of the molecule is O=C(Nc1cccc(Cl)c1)C1CCC(C(F)(F)F)NC1=O. The van der Waals surface area contributed by atoms with Crippen LogP contribution < -0.4 is 10.6 Å². The standard InChI is InChI=1S/C13H12ClF3N2O2/c14-7-2-1-3-8(6-7)18-11(20)9-4-5-10(13(15,16)17)19-12(9)21/h1-3,6,9-10H,4-5H2,(H,18,20)(H,19,21). The molecule has 0 spiro atoms. The van der Waals surface area contributed by atoms with Gasteiger partial charge < -0.3 is 10.6 Å². The van der Waals surface area contributed by atoms with Crippen molar-refractivity contribution < 1.29 is 22.8 Å². The fraction of sp³-hybridized carbons (Fsp3) is 0.385. The first-order valence-electron chi connectivity index (χ1n) is 6.21. The van der Waals surface area contributed by atoms with Crippen molar-refractivity contribution in [1.82, 2.24) is 5.32 Å². The Morgan fingerprint density at radius 1 is 1.33 bits per heavy atom. The number of carbonyl (C=O) groups excluding carboxylic acids is 2. The van der Waals surface area contributed by atoms with Crippen molar-refractivity contribution in [3.63, 3.8) is 0 Å². The summed E-state index contributed by atoms with van der Waals surface area (Å²) in [5, 5.41) is 4.71. The van der Waals surface area contributed by atoms with E-state index in [1.807, 2.05) is 5.32 Å². The van der Waals surface area contributed by atoms with E-state index >= 15 is 0 Å². The van der Waals surface area contributed by atoms with Gasteiger partial charge in [0.1, 0.15) is 12.0 Å². The van der Waals surface area contributed by atoms with E-state index < -0.39 is 30.0 Å². The van der Waals surface area contributed by atoms with Crippen LogP contribution in [-0.4, -0.2) is 24.0 Å². The zero-order valence-electron chi connectivity index (χ0n) is 10.7. The molecule has 4 nitrogen and oxygen atoms in total. The number of benzene rings is 1. The lowest BCUT2D eigenvalue weighted by atomic mass is 9.92. The summed E-state index contributed by atoms with van der Waals surface area (Å²) in [5.41, 5.74) is 0.387. The van der Waals surface area contributed by atoms with Crippen molar-refractivity contribution in [1.29, 1.82) is 0 Å². The Hall–Kier alpha value is -1.76. The second kappa shape index (κ2) is 5.93. The minimum Gasteiger partial charge on any atom is -0.344 e. The van der Waals surface area contributed by atoms with Crippen LogP contribution in [0.5, 0.6) is 0 Å². The number of hydrogen-bond acceptors (Lipinski definition) is 2. The van der Waals surface area contributed by atoms with E-state index in [1.54, 1.807) is 18.2 Å². The van der Waals surface area contributed by atoms with Gasteiger partial charge in [-0.1, -0.05) is 17.7 Å². The van der Waals surface area contributed by atoms with Crippen LogP contribution in [0.1, 0.15) is 12.8 Å². The van der Waals surface area contributed by atoms with Crippen LogP contribution in [0.15, 0.2) is 24.3 Å². The van der Waals surface area contributed by atoms with E-state index in [2.05, 4.69) is 5.32 Å². The van der Waals surface area contributed by atoms with Gasteiger partial charge in [0.2, 0.25) is 11.8 Å². The second-order valence-corrected chi connectivity index (χ2v) is 5.17. The number of nitrogens with one attached hydrogen (secondary N) is 2. The molecule has 0 radical (unpaired) electrons. The maximum Gasteiger partial charge on any atom is 0.408 e. The molecule has 0 aliphatic carbocycles. The highest BCUT2D eigenvalue weighted by atomic mass is 35.5. The van der Waals surface area contributed by atoms with Crippen LogP contribution in [0.2, 0.25) is 5.02 Å². The first-order chi connectivity index (χ1) is 9.77. The van der Waals surface area contributed by atoms with Gasteiger partial charge in [0, 0.05) is 10.7 Å². The lowest BCUT2D eigenvalue weighted by Gasteiger charge is -2.29. The second-order valence-electron chi connectivity index (χ2n) is 4.73. The molecule has 1 aromatic rings. The van der Waals surface area contributed by atoms with E-state index in [0.717, 1.165) is 0 Å². The first kappa shape index (κ1) is 15.6. The fourth-order valence-electron chi connectivity index (χ4n) is 2.10. The maximum atomic E-state index is 12.5. The van der Waals surface area contributed by atoms with E-state index in [0.29, 0.717) is 10.7 Å². The van der Waals surface area contributed by atoms with Crippen LogP contribution >= 0.6 is 11.6 Å². The number of halogens is 4. The van der Waals surface area contributed by atoms with Gasteiger partial charge in [-0.25, -0.2) is 0 Å². The molecule has 2 N–H and O–H groups in total. The number of rotatable bonds is 2. The summed E-state index contributed by atoms with van der Waals surface area (Å²) in [6.07, 6.45) is -4.96. The van der Waals surface area contributed by atoms with Crippen molar-refractivity contribution in [2.45, 2.75) is 25.1 Å². The van der Waals surface area contributed by atoms with Crippen molar-refractivity contribution in [3.8, 4) is 0 Å². The Kier molecular flexibility index (Phi) is 4.41. The molecule has 1 saturated heterocycles. The molecule has 2 unspecified atom stereocenters. The predicted octanol–water partition coefficient (Wildman–Crippen LogP) is 2.74. The molecule has 114 valence electrons. The number of anilines is 1. The molecule has 1 heterocycles. The highest BCUT2D eigenvalue weighted by molar-refractivity contribution is 6.30. The van der Waals surface area contributed by atoms with Crippen LogP contribution in [0.25, 0.3) is 0 Å². The van der Waals surface area contributed by atoms with Gasteiger partial charge in [-0.15, -0.1) is 0 Å². The van der Waals surface area contributed by atoms with E-state index in [9.17, 15) is 22.8 Å². The Morgan fingerprint density at radius 3 is 2.62 bits per heavy atom. The van der Waals surface area contributed by atoms with Gasteiger partial charge in [0.15, 0.2) is 0 Å². The zero-order valence-corrected chi connectivity index (χ0v) is 11.5. The van der Waals surface area contributed by atoms with Crippen molar-refractivity contribution in [2.24, 2.45) is 5.92 Å². The van der Waals surface area contributed by atoms with Crippen molar-refractivity contribution in [3.05, 3.63) is 29.3 Å². The molecule has 0 aromatic heterocycles. The summed E-state index contributed by atoms with van der Waals surface area (Å²) < 4.78 is 37.5. The summed E-state index contributed by atoms with van der Waals surface area (Å²) in [5.74, 6) is -2.69. The molecule has 21 heavy (non-hydrogen) atoms. The average molecular weight is 321 g/mol. The normalized spacial score (nSPS) is 22.6. The van der Waals surface area contributed by atoms with Crippen LogP contribution in [0, 0.1) is 5.92 Å². The first-order valence-corrected chi connectivity index (χ1v) is 6.58.